The fraction of sp³-hybridized carbons (Fsp3) is 0.0588. The Morgan fingerprint density at radius 2 is 2.00 bits per heavy atom. The highest BCUT2D eigenvalue weighted by Crippen LogP contribution is 2.28. The van der Waals surface area contributed by atoms with Gasteiger partial charge in [0, 0.05) is 22.7 Å². The van der Waals surface area contributed by atoms with E-state index in [-0.39, 0.29) is 0 Å². The number of thiazole rings is 1. The number of hydrogen-bond acceptors (Lipinski definition) is 5. The fourth-order valence-corrected chi connectivity index (χ4v) is 2.74. The van der Waals surface area contributed by atoms with Crippen molar-refractivity contribution in [2.45, 2.75) is 0 Å². The van der Waals surface area contributed by atoms with Crippen molar-refractivity contribution in [3.63, 3.8) is 0 Å². The minimum absolute atomic E-state index is 0.647. The van der Waals surface area contributed by atoms with Gasteiger partial charge in [0.2, 0.25) is 0 Å². The molecule has 1 heterocycles. The normalized spacial score (nSPS) is 10.0. The second-order valence-corrected chi connectivity index (χ2v) is 5.44. The van der Waals surface area contributed by atoms with Crippen LogP contribution >= 0.6 is 11.3 Å². The van der Waals surface area contributed by atoms with E-state index in [1.165, 1.54) is 11.3 Å². The van der Waals surface area contributed by atoms with Gasteiger partial charge in [0.15, 0.2) is 5.13 Å². The number of aromatic nitrogens is 1. The summed E-state index contributed by atoms with van der Waals surface area (Å²) >= 11 is 1.53. The molecule has 0 spiro atoms. The van der Waals surface area contributed by atoms with Crippen molar-refractivity contribution in [3.05, 3.63) is 59.5 Å². The van der Waals surface area contributed by atoms with Crippen LogP contribution in [0.2, 0.25) is 0 Å². The summed E-state index contributed by atoms with van der Waals surface area (Å²) in [4.78, 5) is 4.57. The molecule has 22 heavy (non-hydrogen) atoms. The fourth-order valence-electron chi connectivity index (χ4n) is 2.00. The molecule has 0 aliphatic carbocycles. The number of methoxy groups -OCH3 is 1. The maximum absolute atomic E-state index is 8.83. The number of nitrogens with zero attached hydrogens (tertiary/aromatic N) is 2. The van der Waals surface area contributed by atoms with E-state index in [0.29, 0.717) is 5.56 Å². The molecule has 0 fully saturated rings. The molecule has 0 unspecified atom stereocenters. The van der Waals surface area contributed by atoms with Gasteiger partial charge in [0.1, 0.15) is 5.75 Å². The van der Waals surface area contributed by atoms with Crippen LogP contribution in [0.5, 0.6) is 5.75 Å². The van der Waals surface area contributed by atoms with E-state index in [0.717, 1.165) is 27.8 Å². The summed E-state index contributed by atoms with van der Waals surface area (Å²) in [6, 6.07) is 17.2. The van der Waals surface area contributed by atoms with Crippen molar-refractivity contribution in [3.8, 4) is 23.1 Å². The van der Waals surface area contributed by atoms with E-state index in [1.807, 2.05) is 41.8 Å². The van der Waals surface area contributed by atoms with Crippen molar-refractivity contribution in [2.24, 2.45) is 0 Å². The Bertz CT molecular complexity index is 818. The minimum atomic E-state index is 0.647. The maximum atomic E-state index is 8.83. The first-order chi connectivity index (χ1) is 10.8. The quantitative estimate of drug-likeness (QED) is 0.774. The van der Waals surface area contributed by atoms with Crippen LogP contribution in [0.3, 0.4) is 0 Å². The summed E-state index contributed by atoms with van der Waals surface area (Å²) in [5, 5.41) is 14.9. The summed E-state index contributed by atoms with van der Waals surface area (Å²) in [6.07, 6.45) is 0. The van der Waals surface area contributed by atoms with E-state index >= 15 is 0 Å². The standard InChI is InChI=1S/C17H13N3OS/c1-21-15-4-2-3-14(9-15)19-17-20-16(11-22-17)13-7-5-12(10-18)6-8-13/h2-9,11H,1H3,(H,19,20). The Balaban J connectivity index is 1.79. The molecule has 1 N–H and O–H groups in total. The molecule has 2 aromatic carbocycles. The van der Waals surface area contributed by atoms with E-state index in [4.69, 9.17) is 10.00 Å². The zero-order valence-corrected chi connectivity index (χ0v) is 12.7. The zero-order valence-electron chi connectivity index (χ0n) is 11.9. The van der Waals surface area contributed by atoms with E-state index in [9.17, 15) is 0 Å². The van der Waals surface area contributed by atoms with Gasteiger partial charge >= 0.3 is 0 Å². The highest BCUT2D eigenvalue weighted by atomic mass is 32.1. The Morgan fingerprint density at radius 3 is 2.73 bits per heavy atom. The summed E-state index contributed by atoms with van der Waals surface area (Å²) in [5.74, 6) is 0.800. The highest BCUT2D eigenvalue weighted by molar-refractivity contribution is 7.14. The molecule has 5 heteroatoms. The second kappa shape index (κ2) is 6.29. The first-order valence-electron chi connectivity index (χ1n) is 6.65. The van der Waals surface area contributed by atoms with Gasteiger partial charge in [-0.25, -0.2) is 4.98 Å². The molecule has 0 atom stereocenters. The van der Waals surface area contributed by atoms with Gasteiger partial charge in [-0.3, -0.25) is 0 Å². The van der Waals surface area contributed by atoms with E-state index < -0.39 is 0 Å². The number of anilines is 2. The molecule has 0 aliphatic rings. The van der Waals surface area contributed by atoms with E-state index in [1.54, 1.807) is 19.2 Å². The van der Waals surface area contributed by atoms with Crippen LogP contribution in [-0.2, 0) is 0 Å². The number of rotatable bonds is 4. The van der Waals surface area contributed by atoms with Crippen molar-refractivity contribution >= 4 is 22.2 Å². The summed E-state index contributed by atoms with van der Waals surface area (Å²) in [5.41, 5.74) is 3.46. The lowest BCUT2D eigenvalue weighted by atomic mass is 10.1. The molecular weight excluding hydrogens is 294 g/mol. The van der Waals surface area contributed by atoms with Crippen molar-refractivity contribution in [2.75, 3.05) is 12.4 Å². The molecule has 0 aliphatic heterocycles. The smallest absolute Gasteiger partial charge is 0.187 e. The number of ether oxygens (including phenoxy) is 1. The lowest BCUT2D eigenvalue weighted by Crippen LogP contribution is -1.90. The van der Waals surface area contributed by atoms with Gasteiger partial charge in [-0.1, -0.05) is 18.2 Å². The van der Waals surface area contributed by atoms with E-state index in [2.05, 4.69) is 16.4 Å². The van der Waals surface area contributed by atoms with Crippen LogP contribution < -0.4 is 10.1 Å². The minimum Gasteiger partial charge on any atom is -0.497 e. The van der Waals surface area contributed by atoms with Crippen LogP contribution in [0.4, 0.5) is 10.8 Å². The number of benzene rings is 2. The van der Waals surface area contributed by atoms with Crippen LogP contribution in [0.1, 0.15) is 5.56 Å². The van der Waals surface area contributed by atoms with Crippen LogP contribution in [0.15, 0.2) is 53.9 Å². The topological polar surface area (TPSA) is 57.9 Å². The largest absolute Gasteiger partial charge is 0.497 e. The molecule has 0 bridgehead atoms. The third-order valence-electron chi connectivity index (χ3n) is 3.13. The lowest BCUT2D eigenvalue weighted by molar-refractivity contribution is 0.415. The molecule has 4 nitrogen and oxygen atoms in total. The molecular formula is C17H13N3OS. The van der Waals surface area contributed by atoms with Gasteiger partial charge in [0.05, 0.1) is 24.4 Å². The SMILES string of the molecule is COc1cccc(Nc2nc(-c3ccc(C#N)cc3)cs2)c1. The Hall–Kier alpha value is -2.84. The highest BCUT2D eigenvalue weighted by Gasteiger charge is 2.05. The van der Waals surface area contributed by atoms with Crippen molar-refractivity contribution in [1.82, 2.24) is 4.98 Å². The van der Waals surface area contributed by atoms with Gasteiger partial charge in [-0.2, -0.15) is 5.26 Å². The van der Waals surface area contributed by atoms with Crippen LogP contribution in [0, 0.1) is 11.3 Å². The van der Waals surface area contributed by atoms with Gasteiger partial charge in [0.25, 0.3) is 0 Å². The lowest BCUT2D eigenvalue weighted by Gasteiger charge is -2.04. The third kappa shape index (κ3) is 3.08. The Labute approximate surface area is 132 Å². The molecule has 0 amide bonds. The maximum Gasteiger partial charge on any atom is 0.187 e. The predicted octanol–water partition coefficient (Wildman–Crippen LogP) is 4.43. The average molecular weight is 307 g/mol. The monoisotopic (exact) mass is 307 g/mol. The van der Waals surface area contributed by atoms with Gasteiger partial charge in [-0.05, 0) is 24.3 Å². The van der Waals surface area contributed by atoms with Gasteiger partial charge < -0.3 is 10.1 Å². The third-order valence-corrected chi connectivity index (χ3v) is 3.89. The molecule has 1 aromatic heterocycles. The summed E-state index contributed by atoms with van der Waals surface area (Å²) in [7, 11) is 1.64. The van der Waals surface area contributed by atoms with Crippen LogP contribution in [-0.4, -0.2) is 12.1 Å². The molecule has 0 radical (unpaired) electrons. The number of hydrogen-bond donors (Lipinski definition) is 1. The molecule has 3 aromatic rings. The summed E-state index contributed by atoms with van der Waals surface area (Å²) < 4.78 is 5.21. The average Bonchev–Trinajstić information content (AvgIpc) is 3.03. The van der Waals surface area contributed by atoms with Crippen molar-refractivity contribution < 1.29 is 4.74 Å². The first-order valence-corrected chi connectivity index (χ1v) is 7.53. The first kappa shape index (κ1) is 14.1. The molecule has 0 saturated heterocycles. The van der Waals surface area contributed by atoms with Crippen molar-refractivity contribution in [1.29, 1.82) is 5.26 Å². The van der Waals surface area contributed by atoms with Crippen LogP contribution in [0.25, 0.3) is 11.3 Å². The Kier molecular flexibility index (Phi) is 4.03. The molecule has 0 saturated carbocycles. The van der Waals surface area contributed by atoms with Gasteiger partial charge in [-0.15, -0.1) is 11.3 Å². The predicted molar refractivity (Wildman–Crippen MR) is 88.5 cm³/mol. The summed E-state index contributed by atoms with van der Waals surface area (Å²) in [6.45, 7) is 0. The molecule has 3 rings (SSSR count). The molecule has 108 valence electrons. The Morgan fingerprint density at radius 1 is 1.18 bits per heavy atom. The second-order valence-electron chi connectivity index (χ2n) is 4.58. The zero-order chi connectivity index (χ0) is 15.4. The number of nitriles is 1. The number of nitrogens with one attached hydrogen (secondary N) is 1.